The van der Waals surface area contributed by atoms with E-state index in [1.165, 1.54) is 28.6 Å². The van der Waals surface area contributed by atoms with Crippen molar-refractivity contribution in [3.63, 3.8) is 0 Å². The predicted molar refractivity (Wildman–Crippen MR) is 108 cm³/mol. The van der Waals surface area contributed by atoms with Crippen molar-refractivity contribution >= 4 is 15.9 Å². The third-order valence-corrected chi connectivity index (χ3v) is 6.99. The summed E-state index contributed by atoms with van der Waals surface area (Å²) in [4.78, 5) is 12.6. The van der Waals surface area contributed by atoms with Crippen molar-refractivity contribution in [2.45, 2.75) is 30.5 Å². The summed E-state index contributed by atoms with van der Waals surface area (Å²) in [6.45, 7) is 0.882. The van der Waals surface area contributed by atoms with Gasteiger partial charge in [0.15, 0.2) is 0 Å². The number of carbonyl (C=O) groups excluding carboxylic acids is 1. The van der Waals surface area contributed by atoms with Gasteiger partial charge in [-0.1, -0.05) is 30.3 Å². The minimum atomic E-state index is -4.73. The summed E-state index contributed by atoms with van der Waals surface area (Å²) in [6, 6.07) is 13.7. The van der Waals surface area contributed by atoms with Gasteiger partial charge in [-0.3, -0.25) is 4.79 Å². The van der Waals surface area contributed by atoms with Gasteiger partial charge in [-0.15, -0.1) is 13.2 Å². The Morgan fingerprint density at radius 3 is 2.23 bits per heavy atom. The Morgan fingerprint density at radius 1 is 1.03 bits per heavy atom. The number of piperidine rings is 1. The number of hydrogen-bond donors (Lipinski definition) is 1. The normalized spacial score (nSPS) is 16.1. The van der Waals surface area contributed by atoms with Gasteiger partial charge in [-0.05, 0) is 49.1 Å². The molecule has 31 heavy (non-hydrogen) atoms. The monoisotopic (exact) mass is 456 g/mol. The Balaban J connectivity index is 1.43. The average Bonchev–Trinajstić information content (AvgIpc) is 2.74. The molecule has 0 unspecified atom stereocenters. The first-order chi connectivity index (χ1) is 14.6. The molecule has 1 heterocycles. The number of halogens is 3. The van der Waals surface area contributed by atoms with Crippen molar-refractivity contribution in [3.8, 4) is 5.75 Å². The third kappa shape index (κ3) is 6.44. The van der Waals surface area contributed by atoms with Gasteiger partial charge >= 0.3 is 6.36 Å². The highest BCUT2D eigenvalue weighted by Gasteiger charge is 2.32. The molecule has 0 bridgehead atoms. The van der Waals surface area contributed by atoms with Crippen LogP contribution in [0.25, 0.3) is 0 Å². The van der Waals surface area contributed by atoms with Crippen molar-refractivity contribution < 1.29 is 31.1 Å². The van der Waals surface area contributed by atoms with Gasteiger partial charge in [0.05, 0.1) is 4.90 Å². The largest absolute Gasteiger partial charge is 0.573 e. The topological polar surface area (TPSA) is 75.7 Å². The number of alkyl halides is 3. The molecule has 10 heteroatoms. The lowest BCUT2D eigenvalue weighted by molar-refractivity contribution is -0.274. The number of amides is 1. The van der Waals surface area contributed by atoms with Crippen LogP contribution in [-0.4, -0.2) is 44.6 Å². The molecule has 1 amide bonds. The Kier molecular flexibility index (Phi) is 7.22. The molecule has 1 aliphatic heterocycles. The fraction of sp³-hybridized carbons (Fsp3) is 0.381. The molecule has 0 aromatic heterocycles. The molecule has 0 atom stereocenters. The van der Waals surface area contributed by atoms with Crippen molar-refractivity contribution in [1.82, 2.24) is 9.62 Å². The molecule has 1 aliphatic rings. The van der Waals surface area contributed by atoms with E-state index in [0.29, 0.717) is 25.8 Å². The number of benzene rings is 2. The molecular formula is C21H23F3N2O4S. The Labute approximate surface area is 179 Å². The lowest BCUT2D eigenvalue weighted by Crippen LogP contribution is -2.43. The van der Waals surface area contributed by atoms with E-state index in [-0.39, 0.29) is 35.6 Å². The maximum absolute atomic E-state index is 12.6. The predicted octanol–water partition coefficient (Wildman–Crippen LogP) is 3.34. The number of nitrogens with zero attached hydrogens (tertiary/aromatic N) is 1. The highest BCUT2D eigenvalue weighted by molar-refractivity contribution is 7.89. The number of rotatable bonds is 7. The maximum Gasteiger partial charge on any atom is 0.573 e. The fourth-order valence-electron chi connectivity index (χ4n) is 3.43. The average molecular weight is 456 g/mol. The maximum atomic E-state index is 12.6. The first-order valence-corrected chi connectivity index (χ1v) is 11.3. The Bertz CT molecular complexity index is 972. The van der Waals surface area contributed by atoms with Gasteiger partial charge in [-0.25, -0.2) is 8.42 Å². The van der Waals surface area contributed by atoms with Gasteiger partial charge in [0.1, 0.15) is 5.75 Å². The van der Waals surface area contributed by atoms with Crippen LogP contribution in [0.15, 0.2) is 59.5 Å². The Morgan fingerprint density at radius 2 is 1.65 bits per heavy atom. The van der Waals surface area contributed by atoms with E-state index < -0.39 is 16.4 Å². The fourth-order valence-corrected chi connectivity index (χ4v) is 4.92. The van der Waals surface area contributed by atoms with Gasteiger partial charge in [-0.2, -0.15) is 4.31 Å². The van der Waals surface area contributed by atoms with Gasteiger partial charge in [0, 0.05) is 25.6 Å². The molecule has 0 spiro atoms. The molecule has 2 aromatic carbocycles. The van der Waals surface area contributed by atoms with Gasteiger partial charge < -0.3 is 10.1 Å². The number of sulfonamides is 1. The molecule has 1 saturated heterocycles. The number of ether oxygens (including phenoxy) is 1. The zero-order valence-electron chi connectivity index (χ0n) is 16.6. The molecule has 0 aliphatic carbocycles. The molecular weight excluding hydrogens is 433 g/mol. The number of carbonyl (C=O) groups is 1. The van der Waals surface area contributed by atoms with Crippen LogP contribution < -0.4 is 10.1 Å². The van der Waals surface area contributed by atoms with Crippen molar-refractivity contribution in [2.24, 2.45) is 5.92 Å². The van der Waals surface area contributed by atoms with Gasteiger partial charge in [0.2, 0.25) is 15.9 Å². The lowest BCUT2D eigenvalue weighted by atomic mass is 9.97. The van der Waals surface area contributed by atoms with Gasteiger partial charge in [0.25, 0.3) is 0 Å². The minimum absolute atomic E-state index is 0.145. The second-order valence-electron chi connectivity index (χ2n) is 7.22. The van der Waals surface area contributed by atoms with Crippen LogP contribution in [0.5, 0.6) is 5.75 Å². The molecule has 1 N–H and O–H groups in total. The van der Waals surface area contributed by atoms with Crippen molar-refractivity contribution in [2.75, 3.05) is 19.6 Å². The van der Waals surface area contributed by atoms with E-state index in [0.717, 1.165) is 5.56 Å². The summed E-state index contributed by atoms with van der Waals surface area (Å²) in [5.74, 6) is -0.712. The lowest BCUT2D eigenvalue weighted by Gasteiger charge is -2.30. The summed E-state index contributed by atoms with van der Waals surface area (Å²) >= 11 is 0. The minimum Gasteiger partial charge on any atom is -0.406 e. The molecule has 3 rings (SSSR count). The van der Waals surface area contributed by atoms with Crippen LogP contribution in [0, 0.1) is 5.92 Å². The summed E-state index contributed by atoms with van der Waals surface area (Å²) in [5, 5.41) is 2.82. The Hall–Kier alpha value is -2.59. The summed E-state index contributed by atoms with van der Waals surface area (Å²) in [7, 11) is -3.56. The van der Waals surface area contributed by atoms with E-state index in [4.69, 9.17) is 0 Å². The molecule has 6 nitrogen and oxygen atoms in total. The van der Waals surface area contributed by atoms with Crippen LogP contribution in [0.2, 0.25) is 0 Å². The highest BCUT2D eigenvalue weighted by atomic mass is 32.2. The van der Waals surface area contributed by atoms with Crippen LogP contribution in [0.3, 0.4) is 0 Å². The molecule has 1 fully saturated rings. The summed E-state index contributed by atoms with van der Waals surface area (Å²) in [5.41, 5.74) is 0.763. The quantitative estimate of drug-likeness (QED) is 0.694. The number of hydrogen-bond acceptors (Lipinski definition) is 4. The molecule has 168 valence electrons. The summed E-state index contributed by atoms with van der Waals surface area (Å²) in [6.07, 6.45) is -3.41. The third-order valence-electron chi connectivity index (χ3n) is 5.08. The van der Waals surface area contributed by atoms with Crippen LogP contribution in [-0.2, 0) is 21.2 Å². The smallest absolute Gasteiger partial charge is 0.406 e. The highest BCUT2D eigenvalue weighted by Crippen LogP contribution is 2.24. The van der Waals surface area contributed by atoms with Crippen LogP contribution in [0.4, 0.5) is 13.2 Å². The first-order valence-electron chi connectivity index (χ1n) is 9.83. The van der Waals surface area contributed by atoms with Crippen LogP contribution in [0.1, 0.15) is 18.4 Å². The zero-order valence-corrected chi connectivity index (χ0v) is 17.5. The van der Waals surface area contributed by atoms with E-state index in [9.17, 15) is 26.4 Å². The summed E-state index contributed by atoms with van der Waals surface area (Å²) < 4.78 is 67.1. The van der Waals surface area contributed by atoms with E-state index in [1.807, 2.05) is 0 Å². The molecule has 0 saturated carbocycles. The molecule has 2 aromatic rings. The zero-order chi connectivity index (χ0) is 22.5. The first kappa shape index (κ1) is 23.1. The SMILES string of the molecule is O=C(NCCc1ccc(OC(F)(F)F)cc1)C1CCN(S(=O)(=O)c2ccccc2)CC1. The van der Waals surface area contributed by atoms with E-state index in [2.05, 4.69) is 10.1 Å². The molecule has 0 radical (unpaired) electrons. The van der Waals surface area contributed by atoms with E-state index >= 15 is 0 Å². The second-order valence-corrected chi connectivity index (χ2v) is 9.16. The van der Waals surface area contributed by atoms with Crippen molar-refractivity contribution in [1.29, 1.82) is 0 Å². The van der Waals surface area contributed by atoms with Crippen molar-refractivity contribution in [3.05, 3.63) is 60.2 Å². The second kappa shape index (κ2) is 9.69. The van der Waals surface area contributed by atoms with Crippen LogP contribution >= 0.6 is 0 Å². The standard InChI is InChI=1S/C21H23F3N2O4S/c22-21(23,24)30-18-8-6-16(7-9-18)10-13-25-20(27)17-11-14-26(15-12-17)31(28,29)19-4-2-1-3-5-19/h1-9,17H,10-15H2,(H,25,27). The van der Waals surface area contributed by atoms with E-state index in [1.54, 1.807) is 30.3 Å². The number of nitrogens with one attached hydrogen (secondary N) is 1.